The van der Waals surface area contributed by atoms with Crippen LogP contribution in [0, 0.1) is 10.1 Å². The summed E-state index contributed by atoms with van der Waals surface area (Å²) in [5.74, 6) is -1.69. The van der Waals surface area contributed by atoms with E-state index in [1.165, 1.54) is 36.4 Å². The van der Waals surface area contributed by atoms with Gasteiger partial charge in [0.1, 0.15) is 6.61 Å². The van der Waals surface area contributed by atoms with E-state index in [-0.39, 0.29) is 22.6 Å². The second-order valence-corrected chi connectivity index (χ2v) is 5.29. The predicted octanol–water partition coefficient (Wildman–Crippen LogP) is 1.84. The van der Waals surface area contributed by atoms with Gasteiger partial charge < -0.3 is 4.74 Å². The molecule has 0 spiro atoms. The highest BCUT2D eigenvalue weighted by molar-refractivity contribution is 6.22. The number of nitro groups is 1. The Morgan fingerprint density at radius 3 is 2.16 bits per heavy atom. The van der Waals surface area contributed by atoms with Crippen molar-refractivity contribution in [1.82, 2.24) is 4.90 Å². The van der Waals surface area contributed by atoms with Crippen LogP contribution in [0.25, 0.3) is 0 Å². The largest absolute Gasteiger partial charge is 0.479 e. The van der Waals surface area contributed by atoms with Gasteiger partial charge in [-0.3, -0.25) is 29.4 Å². The lowest BCUT2D eigenvalue weighted by molar-refractivity contribution is -0.385. The molecule has 0 fully saturated rings. The minimum absolute atomic E-state index is 0.0526. The number of carbonyl (C=O) groups is 3. The topological polar surface area (TPSA) is 107 Å². The van der Waals surface area contributed by atoms with E-state index in [0.717, 1.165) is 4.90 Å². The highest BCUT2D eigenvalue weighted by Gasteiger charge is 2.36. The summed E-state index contributed by atoms with van der Waals surface area (Å²) in [6.45, 7) is -0.939. The summed E-state index contributed by atoms with van der Waals surface area (Å²) in [4.78, 5) is 47.5. The number of hydrogen-bond acceptors (Lipinski definition) is 6. The van der Waals surface area contributed by atoms with Crippen LogP contribution in [0.5, 0.6) is 5.75 Å². The van der Waals surface area contributed by atoms with E-state index < -0.39 is 35.7 Å². The van der Waals surface area contributed by atoms with Crippen molar-refractivity contribution in [2.45, 2.75) is 0 Å². The molecule has 2 aromatic carbocycles. The first-order valence-corrected chi connectivity index (χ1v) is 7.32. The molecular weight excluding hydrogens is 328 g/mol. The monoisotopic (exact) mass is 340 g/mol. The van der Waals surface area contributed by atoms with Crippen molar-refractivity contribution in [3.63, 3.8) is 0 Å². The minimum atomic E-state index is -0.621. The van der Waals surface area contributed by atoms with Gasteiger partial charge in [0.05, 0.1) is 22.6 Å². The SMILES string of the molecule is O=C(COc1ccccc1[N+](=O)[O-])CN1C(=O)c2ccccc2C1=O. The summed E-state index contributed by atoms with van der Waals surface area (Å²) in [5.41, 5.74) is 0.232. The first-order chi connectivity index (χ1) is 12.0. The van der Waals surface area contributed by atoms with Crippen LogP contribution in [0.15, 0.2) is 48.5 Å². The molecular formula is C17H12N2O6. The third-order valence-corrected chi connectivity index (χ3v) is 3.66. The normalized spacial score (nSPS) is 12.9. The number of benzene rings is 2. The zero-order valence-electron chi connectivity index (χ0n) is 12.9. The van der Waals surface area contributed by atoms with E-state index in [1.807, 2.05) is 0 Å². The fraction of sp³-hybridized carbons (Fsp3) is 0.118. The highest BCUT2D eigenvalue weighted by Crippen LogP contribution is 2.26. The molecule has 0 atom stereocenters. The third-order valence-electron chi connectivity index (χ3n) is 3.66. The van der Waals surface area contributed by atoms with E-state index >= 15 is 0 Å². The van der Waals surface area contributed by atoms with Crippen molar-refractivity contribution >= 4 is 23.3 Å². The zero-order chi connectivity index (χ0) is 18.0. The van der Waals surface area contributed by atoms with Gasteiger partial charge >= 0.3 is 5.69 Å². The standard InChI is InChI=1S/C17H12N2O6/c20-11(10-25-15-8-4-3-7-14(15)19(23)24)9-18-16(21)12-5-1-2-6-13(12)17(18)22/h1-8H,9-10H2. The molecule has 126 valence electrons. The van der Waals surface area contributed by atoms with Gasteiger partial charge in [-0.15, -0.1) is 0 Å². The van der Waals surface area contributed by atoms with Gasteiger partial charge in [-0.2, -0.15) is 0 Å². The Hall–Kier alpha value is -3.55. The smallest absolute Gasteiger partial charge is 0.310 e. The Morgan fingerprint density at radius 2 is 1.56 bits per heavy atom. The number of para-hydroxylation sites is 2. The number of carbonyl (C=O) groups excluding carboxylic acids is 3. The molecule has 1 heterocycles. The molecule has 1 aliphatic rings. The Balaban J connectivity index is 1.66. The maximum atomic E-state index is 12.2. The second-order valence-electron chi connectivity index (χ2n) is 5.29. The van der Waals surface area contributed by atoms with Crippen LogP contribution in [0.3, 0.4) is 0 Å². The Bertz CT molecular complexity index is 857. The summed E-state index contributed by atoms with van der Waals surface area (Å²) in [7, 11) is 0. The number of nitro benzene ring substituents is 1. The van der Waals surface area contributed by atoms with Gasteiger partial charge in [-0.1, -0.05) is 24.3 Å². The number of fused-ring (bicyclic) bond motifs is 1. The van der Waals surface area contributed by atoms with E-state index in [1.54, 1.807) is 12.1 Å². The fourth-order valence-corrected chi connectivity index (χ4v) is 2.49. The van der Waals surface area contributed by atoms with Gasteiger partial charge in [0.2, 0.25) is 0 Å². The molecule has 0 N–H and O–H groups in total. The van der Waals surface area contributed by atoms with Gasteiger partial charge in [-0.05, 0) is 18.2 Å². The predicted molar refractivity (Wildman–Crippen MR) is 85.4 cm³/mol. The minimum Gasteiger partial charge on any atom is -0.479 e. The Morgan fingerprint density at radius 1 is 1.00 bits per heavy atom. The summed E-state index contributed by atoms with van der Waals surface area (Å²) in [6, 6.07) is 11.9. The van der Waals surface area contributed by atoms with Crippen LogP contribution < -0.4 is 4.74 Å². The highest BCUT2D eigenvalue weighted by atomic mass is 16.6. The number of hydrogen-bond donors (Lipinski definition) is 0. The number of rotatable bonds is 6. The van der Waals surface area contributed by atoms with E-state index in [0.29, 0.717) is 0 Å². The molecule has 0 saturated heterocycles. The van der Waals surface area contributed by atoms with Gasteiger partial charge in [0.15, 0.2) is 11.5 Å². The molecule has 1 aliphatic heterocycles. The molecule has 8 nitrogen and oxygen atoms in total. The molecule has 0 bridgehead atoms. The van der Waals surface area contributed by atoms with Crippen LogP contribution in [0.2, 0.25) is 0 Å². The second kappa shape index (κ2) is 6.52. The number of nitrogens with zero attached hydrogens (tertiary/aromatic N) is 2. The molecule has 0 aliphatic carbocycles. The van der Waals surface area contributed by atoms with Gasteiger partial charge in [0, 0.05) is 6.07 Å². The molecule has 8 heteroatoms. The maximum Gasteiger partial charge on any atom is 0.310 e. The van der Waals surface area contributed by atoms with Crippen LogP contribution in [-0.4, -0.2) is 40.6 Å². The fourth-order valence-electron chi connectivity index (χ4n) is 2.49. The van der Waals surface area contributed by atoms with Crippen molar-refractivity contribution in [2.75, 3.05) is 13.2 Å². The van der Waals surface area contributed by atoms with E-state index in [2.05, 4.69) is 0 Å². The quantitative estimate of drug-likeness (QED) is 0.451. The summed E-state index contributed by atoms with van der Waals surface area (Å²) in [6.07, 6.45) is 0. The maximum absolute atomic E-state index is 12.2. The number of amides is 2. The van der Waals surface area contributed by atoms with Crippen molar-refractivity contribution in [3.8, 4) is 5.75 Å². The molecule has 2 amide bonds. The summed E-state index contributed by atoms with van der Waals surface area (Å²) < 4.78 is 5.18. The number of ether oxygens (including phenoxy) is 1. The molecule has 0 aromatic heterocycles. The van der Waals surface area contributed by atoms with Gasteiger partial charge in [-0.25, -0.2) is 0 Å². The van der Waals surface area contributed by atoms with Gasteiger partial charge in [0.25, 0.3) is 11.8 Å². The molecule has 25 heavy (non-hydrogen) atoms. The Labute approximate surface area is 141 Å². The average Bonchev–Trinajstić information content (AvgIpc) is 2.85. The summed E-state index contributed by atoms with van der Waals surface area (Å²) >= 11 is 0. The lowest BCUT2D eigenvalue weighted by Gasteiger charge is -2.13. The van der Waals surface area contributed by atoms with Crippen molar-refractivity contribution in [3.05, 3.63) is 69.8 Å². The van der Waals surface area contributed by atoms with Crippen molar-refractivity contribution in [1.29, 1.82) is 0 Å². The molecule has 2 aromatic rings. The van der Waals surface area contributed by atoms with Crippen LogP contribution in [-0.2, 0) is 4.79 Å². The average molecular weight is 340 g/mol. The number of Topliss-reactive ketones (excluding diaryl/α,β-unsaturated/α-hetero) is 1. The van der Waals surface area contributed by atoms with Crippen LogP contribution >= 0.6 is 0 Å². The van der Waals surface area contributed by atoms with Crippen molar-refractivity contribution in [2.24, 2.45) is 0 Å². The number of ketones is 1. The zero-order valence-corrected chi connectivity index (χ0v) is 12.9. The lowest BCUT2D eigenvalue weighted by Crippen LogP contribution is -2.36. The third kappa shape index (κ3) is 3.09. The van der Waals surface area contributed by atoms with Crippen LogP contribution in [0.4, 0.5) is 5.69 Å². The van der Waals surface area contributed by atoms with Crippen molar-refractivity contribution < 1.29 is 24.0 Å². The molecule has 0 unspecified atom stereocenters. The molecule has 3 rings (SSSR count). The summed E-state index contributed by atoms with van der Waals surface area (Å²) in [5, 5.41) is 10.9. The molecule has 0 saturated carbocycles. The Kier molecular flexibility index (Phi) is 4.25. The molecule has 0 radical (unpaired) electrons. The van der Waals surface area contributed by atoms with Crippen LogP contribution in [0.1, 0.15) is 20.7 Å². The number of imide groups is 1. The van der Waals surface area contributed by atoms with E-state index in [9.17, 15) is 24.5 Å². The first kappa shape index (κ1) is 16.3. The lowest BCUT2D eigenvalue weighted by atomic mass is 10.1. The first-order valence-electron chi connectivity index (χ1n) is 7.32. The van der Waals surface area contributed by atoms with E-state index in [4.69, 9.17) is 4.74 Å².